The molecule has 1 saturated carbocycles. The zero-order valence-corrected chi connectivity index (χ0v) is 12.8. The standard InChI is InChI=1S/C16H20N2OS/c1-12-10-17-15(20-12)16(8-3-9-16)18-11-13-4-6-14(19-2)7-5-13/h4-7,10,18H,3,8-9,11H2,1-2H3. The van der Waals surface area contributed by atoms with Crippen molar-refractivity contribution in [2.45, 2.75) is 38.3 Å². The average Bonchev–Trinajstić information content (AvgIpc) is 2.85. The van der Waals surface area contributed by atoms with E-state index in [0.717, 1.165) is 12.3 Å². The van der Waals surface area contributed by atoms with E-state index in [1.807, 2.05) is 29.7 Å². The van der Waals surface area contributed by atoms with Crippen LogP contribution in [0, 0.1) is 6.92 Å². The summed E-state index contributed by atoms with van der Waals surface area (Å²) in [6, 6.07) is 8.26. The van der Waals surface area contributed by atoms with E-state index >= 15 is 0 Å². The fourth-order valence-electron chi connectivity index (χ4n) is 2.59. The van der Waals surface area contributed by atoms with E-state index in [2.05, 4.69) is 29.4 Å². The Kier molecular flexibility index (Phi) is 3.76. The third-order valence-corrected chi connectivity index (χ3v) is 5.14. The highest BCUT2D eigenvalue weighted by Crippen LogP contribution is 2.43. The summed E-state index contributed by atoms with van der Waals surface area (Å²) in [6.45, 7) is 3.00. The van der Waals surface area contributed by atoms with Crippen molar-refractivity contribution in [2.24, 2.45) is 0 Å². The highest BCUT2D eigenvalue weighted by Gasteiger charge is 2.40. The van der Waals surface area contributed by atoms with Gasteiger partial charge >= 0.3 is 0 Å². The van der Waals surface area contributed by atoms with Crippen molar-refractivity contribution in [3.63, 3.8) is 0 Å². The third kappa shape index (κ3) is 2.58. The summed E-state index contributed by atoms with van der Waals surface area (Å²) in [7, 11) is 1.70. The van der Waals surface area contributed by atoms with Gasteiger partial charge in [0.05, 0.1) is 12.6 Å². The molecule has 0 atom stereocenters. The lowest BCUT2D eigenvalue weighted by Gasteiger charge is -2.41. The minimum atomic E-state index is 0.110. The van der Waals surface area contributed by atoms with E-state index in [1.54, 1.807) is 7.11 Å². The van der Waals surface area contributed by atoms with Crippen molar-refractivity contribution in [1.29, 1.82) is 0 Å². The number of nitrogens with one attached hydrogen (secondary N) is 1. The van der Waals surface area contributed by atoms with Crippen LogP contribution in [0.3, 0.4) is 0 Å². The van der Waals surface area contributed by atoms with Crippen LogP contribution in [0.4, 0.5) is 0 Å². The second-order valence-electron chi connectivity index (χ2n) is 5.41. The molecule has 4 heteroatoms. The van der Waals surface area contributed by atoms with Crippen molar-refractivity contribution in [1.82, 2.24) is 10.3 Å². The van der Waals surface area contributed by atoms with Crippen molar-refractivity contribution < 1.29 is 4.74 Å². The number of thiazole rings is 1. The van der Waals surface area contributed by atoms with Crippen LogP contribution in [0.25, 0.3) is 0 Å². The van der Waals surface area contributed by atoms with Gasteiger partial charge in [-0.25, -0.2) is 4.98 Å². The Hall–Kier alpha value is -1.39. The van der Waals surface area contributed by atoms with Gasteiger partial charge in [0.25, 0.3) is 0 Å². The summed E-state index contributed by atoms with van der Waals surface area (Å²) in [5.74, 6) is 0.905. The largest absolute Gasteiger partial charge is 0.497 e. The maximum absolute atomic E-state index is 5.19. The summed E-state index contributed by atoms with van der Waals surface area (Å²) in [5.41, 5.74) is 1.39. The lowest BCUT2D eigenvalue weighted by atomic mass is 9.77. The number of aromatic nitrogens is 1. The number of hydrogen-bond acceptors (Lipinski definition) is 4. The molecule has 0 amide bonds. The number of methoxy groups -OCH3 is 1. The molecule has 1 aliphatic rings. The first-order chi connectivity index (χ1) is 9.72. The van der Waals surface area contributed by atoms with Crippen LogP contribution in [-0.2, 0) is 12.1 Å². The molecule has 20 heavy (non-hydrogen) atoms. The fraction of sp³-hybridized carbons (Fsp3) is 0.438. The predicted molar refractivity (Wildman–Crippen MR) is 82.2 cm³/mol. The Labute approximate surface area is 124 Å². The molecule has 1 heterocycles. The van der Waals surface area contributed by atoms with Gasteiger partial charge in [-0.1, -0.05) is 12.1 Å². The monoisotopic (exact) mass is 288 g/mol. The number of aryl methyl sites for hydroxylation is 1. The predicted octanol–water partition coefficient (Wildman–Crippen LogP) is 3.63. The molecule has 1 aromatic carbocycles. The number of hydrogen-bond donors (Lipinski definition) is 1. The first-order valence-corrected chi connectivity index (χ1v) is 7.84. The molecule has 0 bridgehead atoms. The first kappa shape index (κ1) is 13.6. The molecule has 3 rings (SSSR count). The van der Waals surface area contributed by atoms with E-state index in [9.17, 15) is 0 Å². The zero-order valence-electron chi connectivity index (χ0n) is 12.0. The minimum Gasteiger partial charge on any atom is -0.497 e. The number of benzene rings is 1. The summed E-state index contributed by atoms with van der Waals surface area (Å²) in [4.78, 5) is 5.88. The lowest BCUT2D eigenvalue weighted by molar-refractivity contribution is 0.183. The maximum Gasteiger partial charge on any atom is 0.118 e. The molecule has 2 aromatic rings. The Morgan fingerprint density at radius 1 is 1.30 bits per heavy atom. The van der Waals surface area contributed by atoms with E-state index in [-0.39, 0.29) is 5.54 Å². The lowest BCUT2D eigenvalue weighted by Crippen LogP contribution is -2.47. The molecule has 0 spiro atoms. The quantitative estimate of drug-likeness (QED) is 0.912. The van der Waals surface area contributed by atoms with Gasteiger partial charge in [-0.15, -0.1) is 11.3 Å². The van der Waals surface area contributed by atoms with Crippen molar-refractivity contribution in [2.75, 3.05) is 7.11 Å². The minimum absolute atomic E-state index is 0.110. The Balaban J connectivity index is 1.69. The molecule has 0 saturated heterocycles. The normalized spacial score (nSPS) is 16.7. The molecule has 1 fully saturated rings. The average molecular weight is 288 g/mol. The highest BCUT2D eigenvalue weighted by molar-refractivity contribution is 7.11. The van der Waals surface area contributed by atoms with Crippen molar-refractivity contribution >= 4 is 11.3 Å². The Morgan fingerprint density at radius 2 is 2.05 bits per heavy atom. The molecule has 106 valence electrons. The molecule has 0 radical (unpaired) electrons. The van der Waals surface area contributed by atoms with Gasteiger partial charge in [0.2, 0.25) is 0 Å². The smallest absolute Gasteiger partial charge is 0.118 e. The second kappa shape index (κ2) is 5.54. The third-order valence-electron chi connectivity index (χ3n) is 4.03. The van der Waals surface area contributed by atoms with E-state index < -0.39 is 0 Å². The van der Waals surface area contributed by atoms with Crippen LogP contribution in [0.5, 0.6) is 5.75 Å². The topological polar surface area (TPSA) is 34.1 Å². The molecule has 1 aliphatic carbocycles. The van der Waals surface area contributed by atoms with E-state index in [4.69, 9.17) is 4.74 Å². The van der Waals surface area contributed by atoms with Crippen LogP contribution in [0.1, 0.15) is 34.7 Å². The first-order valence-electron chi connectivity index (χ1n) is 7.03. The SMILES string of the molecule is COc1ccc(CNC2(c3ncc(C)s3)CCC2)cc1. The van der Waals surface area contributed by atoms with E-state index in [0.29, 0.717) is 0 Å². The van der Waals surface area contributed by atoms with Crippen LogP contribution < -0.4 is 10.1 Å². The summed E-state index contributed by atoms with van der Waals surface area (Å²) in [6.07, 6.45) is 5.65. The zero-order chi connectivity index (χ0) is 14.0. The summed E-state index contributed by atoms with van der Waals surface area (Å²) >= 11 is 1.82. The molecular formula is C16H20N2OS. The molecule has 1 aromatic heterocycles. The molecular weight excluding hydrogens is 268 g/mol. The second-order valence-corrected chi connectivity index (χ2v) is 6.65. The number of nitrogens with zero attached hydrogens (tertiary/aromatic N) is 1. The van der Waals surface area contributed by atoms with Crippen molar-refractivity contribution in [3.8, 4) is 5.75 Å². The number of ether oxygens (including phenoxy) is 1. The molecule has 1 N–H and O–H groups in total. The van der Waals surface area contributed by atoms with Gasteiger partial charge in [-0.3, -0.25) is 0 Å². The van der Waals surface area contributed by atoms with Crippen LogP contribution >= 0.6 is 11.3 Å². The van der Waals surface area contributed by atoms with Gasteiger partial charge in [0.15, 0.2) is 0 Å². The maximum atomic E-state index is 5.19. The van der Waals surface area contributed by atoms with Crippen LogP contribution in [0.2, 0.25) is 0 Å². The van der Waals surface area contributed by atoms with Crippen LogP contribution in [0.15, 0.2) is 30.5 Å². The van der Waals surface area contributed by atoms with Gasteiger partial charge in [0, 0.05) is 17.6 Å². The van der Waals surface area contributed by atoms with Crippen LogP contribution in [-0.4, -0.2) is 12.1 Å². The fourth-order valence-corrected chi connectivity index (χ4v) is 3.57. The van der Waals surface area contributed by atoms with Gasteiger partial charge in [-0.05, 0) is 43.9 Å². The highest BCUT2D eigenvalue weighted by atomic mass is 32.1. The molecule has 0 unspecified atom stereocenters. The Morgan fingerprint density at radius 3 is 2.55 bits per heavy atom. The Bertz CT molecular complexity index is 572. The molecule has 3 nitrogen and oxygen atoms in total. The van der Waals surface area contributed by atoms with Crippen molar-refractivity contribution in [3.05, 3.63) is 45.9 Å². The van der Waals surface area contributed by atoms with Gasteiger partial charge in [0.1, 0.15) is 10.8 Å². The summed E-state index contributed by atoms with van der Waals surface area (Å²) in [5, 5.41) is 4.97. The molecule has 0 aliphatic heterocycles. The van der Waals surface area contributed by atoms with Gasteiger partial charge in [-0.2, -0.15) is 0 Å². The van der Waals surface area contributed by atoms with E-state index in [1.165, 1.54) is 34.7 Å². The van der Waals surface area contributed by atoms with Gasteiger partial charge < -0.3 is 10.1 Å². The summed E-state index contributed by atoms with van der Waals surface area (Å²) < 4.78 is 5.19. The number of rotatable bonds is 5.